The van der Waals surface area contributed by atoms with E-state index in [0.717, 1.165) is 0 Å². The monoisotopic (exact) mass is 408 g/mol. The van der Waals surface area contributed by atoms with Crippen molar-refractivity contribution in [2.45, 2.75) is 25.2 Å². The molecule has 0 radical (unpaired) electrons. The molecule has 1 aliphatic heterocycles. The minimum Gasteiger partial charge on any atom is -0.452 e. The van der Waals surface area contributed by atoms with Crippen LogP contribution in [0.2, 0.25) is 0 Å². The van der Waals surface area contributed by atoms with Crippen molar-refractivity contribution in [3.05, 3.63) is 42.0 Å². The number of nitrogens with zero attached hydrogens (tertiary/aromatic N) is 2. The summed E-state index contributed by atoms with van der Waals surface area (Å²) in [6, 6.07) is 5.78. The van der Waals surface area contributed by atoms with Gasteiger partial charge >= 0.3 is 5.97 Å². The number of amides is 1. The Bertz CT molecular complexity index is 853. The van der Waals surface area contributed by atoms with E-state index in [-0.39, 0.29) is 49.4 Å². The molecule has 0 atom stereocenters. The van der Waals surface area contributed by atoms with Gasteiger partial charge in [0, 0.05) is 37.8 Å². The summed E-state index contributed by atoms with van der Waals surface area (Å²) in [7, 11) is -3.70. The van der Waals surface area contributed by atoms with Gasteiger partial charge in [-0.15, -0.1) is 0 Å². The lowest BCUT2D eigenvalue weighted by atomic mass is 10.2. The number of benzene rings is 1. The van der Waals surface area contributed by atoms with Gasteiger partial charge in [-0.05, 0) is 25.5 Å². The number of esters is 1. The average Bonchev–Trinajstić information content (AvgIpc) is 2.70. The maximum absolute atomic E-state index is 12.7. The highest BCUT2D eigenvalue weighted by Gasteiger charge is 2.30. The quantitative estimate of drug-likeness (QED) is 0.382. The molecular formula is C19H24N2O6S. The first-order valence-electron chi connectivity index (χ1n) is 8.98. The summed E-state index contributed by atoms with van der Waals surface area (Å²) in [6.07, 6.45) is 3.60. The van der Waals surface area contributed by atoms with Crippen LogP contribution in [0.4, 0.5) is 0 Å². The summed E-state index contributed by atoms with van der Waals surface area (Å²) in [5.41, 5.74) is 0.442. The van der Waals surface area contributed by atoms with Crippen molar-refractivity contribution in [2.75, 3.05) is 32.8 Å². The minimum absolute atomic E-state index is 0.105. The molecule has 2 rings (SSSR count). The molecule has 1 aromatic carbocycles. The molecule has 1 aliphatic rings. The standard InChI is InChI=1S/C19H24N2O6S/c1-3-4-5-19(24)27-14-18(23)20-10-12-21(13-11-20)28(25,26)17-8-6-16(7-9-17)15(2)22/h4-9H,3,10-14H2,1-2H3/b5-4+. The highest BCUT2D eigenvalue weighted by molar-refractivity contribution is 7.89. The fraction of sp³-hybridized carbons (Fsp3) is 0.421. The third kappa shape index (κ3) is 5.49. The Balaban J connectivity index is 1.91. The van der Waals surface area contributed by atoms with E-state index in [4.69, 9.17) is 4.74 Å². The van der Waals surface area contributed by atoms with Crippen molar-refractivity contribution in [1.82, 2.24) is 9.21 Å². The highest BCUT2D eigenvalue weighted by Crippen LogP contribution is 2.18. The van der Waals surface area contributed by atoms with Gasteiger partial charge in [-0.25, -0.2) is 13.2 Å². The van der Waals surface area contributed by atoms with E-state index in [1.165, 1.54) is 46.5 Å². The van der Waals surface area contributed by atoms with Gasteiger partial charge in [-0.3, -0.25) is 9.59 Å². The normalized spacial score (nSPS) is 15.6. The van der Waals surface area contributed by atoms with Crippen molar-refractivity contribution < 1.29 is 27.5 Å². The Labute approximate surface area is 164 Å². The third-order valence-electron chi connectivity index (χ3n) is 4.32. The molecule has 0 N–H and O–H groups in total. The molecular weight excluding hydrogens is 384 g/mol. The van der Waals surface area contributed by atoms with Crippen LogP contribution >= 0.6 is 0 Å². The average molecular weight is 408 g/mol. The summed E-state index contributed by atoms with van der Waals surface area (Å²) >= 11 is 0. The number of carbonyl (C=O) groups excluding carboxylic acids is 3. The maximum Gasteiger partial charge on any atom is 0.330 e. The van der Waals surface area contributed by atoms with Crippen LogP contribution in [0.25, 0.3) is 0 Å². The number of hydrogen-bond donors (Lipinski definition) is 0. The van der Waals surface area contributed by atoms with Gasteiger partial charge in [0.05, 0.1) is 4.90 Å². The molecule has 1 aromatic rings. The SMILES string of the molecule is CC/C=C/C(=O)OCC(=O)N1CCN(S(=O)(=O)c2ccc(C(C)=O)cc2)CC1. The third-order valence-corrected chi connectivity index (χ3v) is 6.23. The Morgan fingerprint density at radius 2 is 1.68 bits per heavy atom. The van der Waals surface area contributed by atoms with Crippen LogP contribution in [0.3, 0.4) is 0 Å². The number of hydrogen-bond acceptors (Lipinski definition) is 6. The van der Waals surface area contributed by atoms with Crippen LogP contribution in [0.5, 0.6) is 0 Å². The lowest BCUT2D eigenvalue weighted by molar-refractivity contribution is -0.148. The molecule has 152 valence electrons. The van der Waals surface area contributed by atoms with Gasteiger partial charge in [0.2, 0.25) is 10.0 Å². The zero-order chi connectivity index (χ0) is 20.7. The summed E-state index contributed by atoms with van der Waals surface area (Å²) in [5, 5.41) is 0. The van der Waals surface area contributed by atoms with Crippen molar-refractivity contribution in [3.63, 3.8) is 0 Å². The van der Waals surface area contributed by atoms with Gasteiger partial charge in [-0.2, -0.15) is 4.31 Å². The smallest absolute Gasteiger partial charge is 0.330 e. The largest absolute Gasteiger partial charge is 0.452 e. The Morgan fingerprint density at radius 1 is 1.07 bits per heavy atom. The predicted molar refractivity (Wildman–Crippen MR) is 102 cm³/mol. The van der Waals surface area contributed by atoms with Crippen molar-refractivity contribution in [2.24, 2.45) is 0 Å². The second-order valence-electron chi connectivity index (χ2n) is 6.28. The lowest BCUT2D eigenvalue weighted by Crippen LogP contribution is -2.51. The first-order chi connectivity index (χ1) is 13.3. The fourth-order valence-electron chi connectivity index (χ4n) is 2.67. The van der Waals surface area contributed by atoms with Crippen molar-refractivity contribution in [1.29, 1.82) is 0 Å². The first-order valence-corrected chi connectivity index (χ1v) is 10.4. The van der Waals surface area contributed by atoms with Crippen molar-refractivity contribution >= 4 is 27.7 Å². The van der Waals surface area contributed by atoms with E-state index in [0.29, 0.717) is 12.0 Å². The Kier molecular flexibility index (Phi) is 7.47. The molecule has 28 heavy (non-hydrogen) atoms. The molecule has 1 amide bonds. The second kappa shape index (κ2) is 9.61. The van der Waals surface area contributed by atoms with E-state index in [2.05, 4.69) is 0 Å². The summed E-state index contributed by atoms with van der Waals surface area (Å²) < 4.78 is 31.6. The van der Waals surface area contributed by atoms with Gasteiger partial charge in [0.25, 0.3) is 5.91 Å². The fourth-order valence-corrected chi connectivity index (χ4v) is 4.10. The molecule has 0 aromatic heterocycles. The van der Waals surface area contributed by atoms with Crippen LogP contribution in [-0.2, 0) is 24.3 Å². The molecule has 0 aliphatic carbocycles. The summed E-state index contributed by atoms with van der Waals surface area (Å²) in [4.78, 5) is 36.4. The van der Waals surface area contributed by atoms with Crippen LogP contribution in [0, 0.1) is 0 Å². The highest BCUT2D eigenvalue weighted by atomic mass is 32.2. The van der Waals surface area contributed by atoms with E-state index in [1.54, 1.807) is 6.08 Å². The first kappa shape index (κ1) is 21.8. The lowest BCUT2D eigenvalue weighted by Gasteiger charge is -2.33. The Hall–Kier alpha value is -2.52. The van der Waals surface area contributed by atoms with E-state index < -0.39 is 16.0 Å². The molecule has 0 bridgehead atoms. The Morgan fingerprint density at radius 3 is 2.21 bits per heavy atom. The van der Waals surface area contributed by atoms with E-state index in [1.807, 2.05) is 6.92 Å². The molecule has 9 heteroatoms. The number of sulfonamides is 1. The van der Waals surface area contributed by atoms with E-state index in [9.17, 15) is 22.8 Å². The van der Waals surface area contributed by atoms with E-state index >= 15 is 0 Å². The minimum atomic E-state index is -3.70. The zero-order valence-electron chi connectivity index (χ0n) is 16.0. The topological polar surface area (TPSA) is 101 Å². The summed E-state index contributed by atoms with van der Waals surface area (Å²) in [5.74, 6) is -1.08. The number of allylic oxidation sites excluding steroid dienone is 1. The zero-order valence-corrected chi connectivity index (χ0v) is 16.8. The van der Waals surface area contributed by atoms with Crippen LogP contribution < -0.4 is 0 Å². The van der Waals surface area contributed by atoms with Gasteiger partial charge < -0.3 is 9.64 Å². The van der Waals surface area contributed by atoms with Crippen LogP contribution in [0.1, 0.15) is 30.6 Å². The number of carbonyl (C=O) groups is 3. The maximum atomic E-state index is 12.7. The second-order valence-corrected chi connectivity index (χ2v) is 8.22. The molecule has 0 unspecified atom stereocenters. The predicted octanol–water partition coefficient (Wildman–Crippen LogP) is 1.23. The van der Waals surface area contributed by atoms with Gasteiger partial charge in [0.15, 0.2) is 12.4 Å². The number of rotatable bonds is 7. The number of piperazine rings is 1. The number of ketones is 1. The molecule has 8 nitrogen and oxygen atoms in total. The number of ether oxygens (including phenoxy) is 1. The molecule has 0 saturated carbocycles. The molecule has 1 saturated heterocycles. The summed E-state index contributed by atoms with van der Waals surface area (Å²) in [6.45, 7) is 3.64. The van der Waals surface area contributed by atoms with Gasteiger partial charge in [0.1, 0.15) is 0 Å². The van der Waals surface area contributed by atoms with Crippen LogP contribution in [0.15, 0.2) is 41.3 Å². The van der Waals surface area contributed by atoms with Crippen LogP contribution in [-0.4, -0.2) is 68.1 Å². The molecule has 1 heterocycles. The molecule has 0 spiro atoms. The van der Waals surface area contributed by atoms with Gasteiger partial charge in [-0.1, -0.05) is 25.1 Å². The van der Waals surface area contributed by atoms with Crippen molar-refractivity contribution in [3.8, 4) is 0 Å². The molecule has 1 fully saturated rings. The number of Topliss-reactive ketones (excluding diaryl/α,β-unsaturated/α-hetero) is 1.